The standard InChI is InChI=1S/C14H21N3S/c1-4-14(5-2,18-3)11-16-10-12-7-6-8-17-13(12)9-15/h6-8,16H,4-5,10-11H2,1-3H3. The molecule has 0 aliphatic heterocycles. The summed E-state index contributed by atoms with van der Waals surface area (Å²) in [6, 6.07) is 5.96. The van der Waals surface area contributed by atoms with Crippen molar-refractivity contribution in [1.82, 2.24) is 10.3 Å². The summed E-state index contributed by atoms with van der Waals surface area (Å²) in [5, 5.41) is 12.4. The molecule has 0 fully saturated rings. The maximum atomic E-state index is 8.97. The molecular weight excluding hydrogens is 242 g/mol. The van der Waals surface area contributed by atoms with Gasteiger partial charge in [0, 0.05) is 29.6 Å². The van der Waals surface area contributed by atoms with Crippen LogP contribution in [-0.4, -0.2) is 22.5 Å². The van der Waals surface area contributed by atoms with Crippen LogP contribution >= 0.6 is 11.8 Å². The Hall–Kier alpha value is -1.05. The topological polar surface area (TPSA) is 48.7 Å². The van der Waals surface area contributed by atoms with Gasteiger partial charge in [-0.1, -0.05) is 19.9 Å². The summed E-state index contributed by atoms with van der Waals surface area (Å²) < 4.78 is 0.301. The van der Waals surface area contributed by atoms with Gasteiger partial charge in [-0.25, -0.2) is 4.98 Å². The van der Waals surface area contributed by atoms with Gasteiger partial charge in [0.25, 0.3) is 0 Å². The van der Waals surface area contributed by atoms with Gasteiger partial charge in [0.05, 0.1) is 0 Å². The van der Waals surface area contributed by atoms with Gasteiger partial charge in [-0.3, -0.25) is 0 Å². The molecule has 0 saturated carbocycles. The molecule has 0 aliphatic carbocycles. The fourth-order valence-corrected chi connectivity index (χ4v) is 2.79. The van der Waals surface area contributed by atoms with Crippen LogP contribution in [0.5, 0.6) is 0 Å². The Bertz CT molecular complexity index is 399. The largest absolute Gasteiger partial charge is 0.311 e. The summed E-state index contributed by atoms with van der Waals surface area (Å²) in [7, 11) is 0. The van der Waals surface area contributed by atoms with Gasteiger partial charge in [0.2, 0.25) is 0 Å². The van der Waals surface area contributed by atoms with Crippen LogP contribution in [0.1, 0.15) is 37.9 Å². The van der Waals surface area contributed by atoms with Crippen LogP contribution in [0.2, 0.25) is 0 Å². The number of aromatic nitrogens is 1. The highest BCUT2D eigenvalue weighted by molar-refractivity contribution is 8.00. The predicted octanol–water partition coefficient (Wildman–Crippen LogP) is 2.96. The predicted molar refractivity (Wildman–Crippen MR) is 77.5 cm³/mol. The number of nitriles is 1. The third-order valence-electron chi connectivity index (χ3n) is 3.48. The van der Waals surface area contributed by atoms with Gasteiger partial charge >= 0.3 is 0 Å². The number of rotatable bonds is 7. The van der Waals surface area contributed by atoms with Crippen LogP contribution in [-0.2, 0) is 6.54 Å². The number of nitrogens with one attached hydrogen (secondary N) is 1. The molecule has 0 saturated heterocycles. The van der Waals surface area contributed by atoms with Crippen molar-refractivity contribution >= 4 is 11.8 Å². The molecule has 1 N–H and O–H groups in total. The average molecular weight is 263 g/mol. The number of thioether (sulfide) groups is 1. The van der Waals surface area contributed by atoms with E-state index in [4.69, 9.17) is 5.26 Å². The first-order valence-electron chi connectivity index (χ1n) is 6.31. The lowest BCUT2D eigenvalue weighted by Crippen LogP contribution is -2.36. The van der Waals surface area contributed by atoms with Gasteiger partial charge < -0.3 is 5.32 Å². The summed E-state index contributed by atoms with van der Waals surface area (Å²) >= 11 is 1.92. The molecule has 0 atom stereocenters. The highest BCUT2D eigenvalue weighted by atomic mass is 32.2. The zero-order valence-electron chi connectivity index (χ0n) is 11.4. The average Bonchev–Trinajstić information content (AvgIpc) is 2.44. The van der Waals surface area contributed by atoms with Crippen molar-refractivity contribution in [2.24, 2.45) is 0 Å². The molecule has 3 nitrogen and oxygen atoms in total. The molecule has 1 heterocycles. The number of hydrogen-bond acceptors (Lipinski definition) is 4. The Kier molecular flexibility index (Phi) is 6.17. The molecule has 1 rings (SSSR count). The highest BCUT2D eigenvalue weighted by Gasteiger charge is 2.24. The Balaban J connectivity index is 2.58. The zero-order chi connectivity index (χ0) is 13.4. The van der Waals surface area contributed by atoms with Crippen molar-refractivity contribution in [2.75, 3.05) is 12.8 Å². The number of hydrogen-bond donors (Lipinski definition) is 1. The first kappa shape index (κ1) is 15.0. The van der Waals surface area contributed by atoms with Crippen molar-refractivity contribution in [3.8, 4) is 6.07 Å². The molecule has 0 unspecified atom stereocenters. The van der Waals surface area contributed by atoms with Crippen LogP contribution in [0.4, 0.5) is 0 Å². The van der Waals surface area contributed by atoms with E-state index in [1.165, 1.54) is 0 Å². The second-order valence-corrected chi connectivity index (χ2v) is 5.60. The van der Waals surface area contributed by atoms with Crippen molar-refractivity contribution in [1.29, 1.82) is 5.26 Å². The number of nitrogens with zero attached hydrogens (tertiary/aromatic N) is 2. The molecule has 0 bridgehead atoms. The Morgan fingerprint density at radius 3 is 2.72 bits per heavy atom. The van der Waals surface area contributed by atoms with Crippen molar-refractivity contribution in [3.05, 3.63) is 29.6 Å². The molecule has 1 aromatic heterocycles. The van der Waals surface area contributed by atoms with E-state index < -0.39 is 0 Å². The Morgan fingerprint density at radius 1 is 1.44 bits per heavy atom. The first-order valence-corrected chi connectivity index (χ1v) is 7.53. The fourth-order valence-electron chi connectivity index (χ4n) is 1.97. The monoisotopic (exact) mass is 263 g/mol. The lowest BCUT2D eigenvalue weighted by atomic mass is 10.0. The minimum atomic E-state index is 0.301. The summed E-state index contributed by atoms with van der Waals surface area (Å²) in [6.45, 7) is 6.12. The maximum Gasteiger partial charge on any atom is 0.144 e. The van der Waals surface area contributed by atoms with E-state index in [0.29, 0.717) is 17.0 Å². The van der Waals surface area contributed by atoms with Crippen LogP contribution in [0.25, 0.3) is 0 Å². The maximum absolute atomic E-state index is 8.97. The summed E-state index contributed by atoms with van der Waals surface area (Å²) in [4.78, 5) is 4.07. The lowest BCUT2D eigenvalue weighted by Gasteiger charge is -2.30. The summed E-state index contributed by atoms with van der Waals surface area (Å²) in [6.07, 6.45) is 6.12. The second kappa shape index (κ2) is 7.40. The molecule has 0 spiro atoms. The second-order valence-electron chi connectivity index (χ2n) is 4.32. The molecule has 0 amide bonds. The van der Waals surface area contributed by atoms with Gasteiger partial charge in [-0.15, -0.1) is 0 Å². The SMILES string of the molecule is CCC(CC)(CNCc1cccnc1C#N)SC. The normalized spacial score (nSPS) is 11.2. The first-order chi connectivity index (χ1) is 8.71. The molecule has 1 aromatic rings. The van der Waals surface area contributed by atoms with Crippen LogP contribution in [0, 0.1) is 11.3 Å². The molecule has 0 radical (unpaired) electrons. The highest BCUT2D eigenvalue weighted by Crippen LogP contribution is 2.29. The molecule has 18 heavy (non-hydrogen) atoms. The van der Waals surface area contributed by atoms with E-state index in [0.717, 1.165) is 24.9 Å². The zero-order valence-corrected chi connectivity index (χ0v) is 12.2. The van der Waals surface area contributed by atoms with Crippen LogP contribution < -0.4 is 5.32 Å². The smallest absolute Gasteiger partial charge is 0.144 e. The van der Waals surface area contributed by atoms with Gasteiger partial charge in [-0.2, -0.15) is 17.0 Å². The van der Waals surface area contributed by atoms with Crippen molar-refractivity contribution < 1.29 is 0 Å². The Labute approximate surface area is 114 Å². The summed E-state index contributed by atoms with van der Waals surface area (Å²) in [5.41, 5.74) is 1.50. The fraction of sp³-hybridized carbons (Fsp3) is 0.571. The van der Waals surface area contributed by atoms with E-state index in [1.807, 2.05) is 23.9 Å². The third kappa shape index (κ3) is 3.72. The van der Waals surface area contributed by atoms with E-state index in [2.05, 4.69) is 36.5 Å². The van der Waals surface area contributed by atoms with Gasteiger partial charge in [0.1, 0.15) is 11.8 Å². The molecule has 98 valence electrons. The number of pyridine rings is 1. The van der Waals surface area contributed by atoms with Crippen molar-refractivity contribution in [3.63, 3.8) is 0 Å². The molecular formula is C14H21N3S. The molecule has 4 heteroatoms. The van der Waals surface area contributed by atoms with Crippen LogP contribution in [0.15, 0.2) is 18.3 Å². The Morgan fingerprint density at radius 2 is 2.17 bits per heavy atom. The minimum absolute atomic E-state index is 0.301. The molecule has 0 aliphatic rings. The van der Waals surface area contributed by atoms with E-state index >= 15 is 0 Å². The van der Waals surface area contributed by atoms with E-state index in [-0.39, 0.29) is 0 Å². The lowest BCUT2D eigenvalue weighted by molar-refractivity contribution is 0.494. The third-order valence-corrected chi connectivity index (χ3v) is 5.07. The van der Waals surface area contributed by atoms with Crippen LogP contribution in [0.3, 0.4) is 0 Å². The quantitative estimate of drug-likeness (QED) is 0.821. The van der Waals surface area contributed by atoms with E-state index in [1.54, 1.807) is 6.20 Å². The summed E-state index contributed by atoms with van der Waals surface area (Å²) in [5.74, 6) is 0. The van der Waals surface area contributed by atoms with Gasteiger partial charge in [0.15, 0.2) is 0 Å². The minimum Gasteiger partial charge on any atom is -0.311 e. The van der Waals surface area contributed by atoms with Crippen molar-refractivity contribution in [2.45, 2.75) is 38.0 Å². The molecule has 0 aromatic carbocycles. The van der Waals surface area contributed by atoms with Gasteiger partial charge in [-0.05, 0) is 25.2 Å². The van der Waals surface area contributed by atoms with E-state index in [9.17, 15) is 0 Å².